The fourth-order valence-electron chi connectivity index (χ4n) is 1.94. The predicted molar refractivity (Wildman–Crippen MR) is 59.7 cm³/mol. The second-order valence-corrected chi connectivity index (χ2v) is 7.76. The molecule has 1 aliphatic heterocycles. The van der Waals surface area contributed by atoms with Crippen molar-refractivity contribution in [3.63, 3.8) is 0 Å². The van der Waals surface area contributed by atoms with E-state index in [-0.39, 0.29) is 5.35 Å². The Morgan fingerprint density at radius 1 is 1.38 bits per heavy atom. The van der Waals surface area contributed by atoms with E-state index in [1.165, 1.54) is 18.5 Å². The third-order valence-corrected chi connectivity index (χ3v) is 7.16. The molecule has 1 N–H and O–H groups in total. The van der Waals surface area contributed by atoms with E-state index in [4.69, 9.17) is 4.74 Å². The minimum atomic E-state index is -0.613. The van der Waals surface area contributed by atoms with E-state index in [2.05, 4.69) is 26.1 Å². The molecule has 1 atom stereocenters. The Kier molecular flexibility index (Phi) is 4.42. The van der Waals surface area contributed by atoms with E-state index in [9.17, 15) is 0 Å². The van der Waals surface area contributed by atoms with Crippen LogP contribution in [0, 0.1) is 0 Å². The summed E-state index contributed by atoms with van der Waals surface area (Å²) in [6.45, 7) is 8.55. The normalized spacial score (nSPS) is 22.4. The zero-order valence-corrected chi connectivity index (χ0v) is 10.4. The van der Waals surface area contributed by atoms with E-state index in [1.807, 2.05) is 0 Å². The molecule has 1 rings (SSSR count). The first-order chi connectivity index (χ1) is 6.23. The molecule has 13 heavy (non-hydrogen) atoms. The monoisotopic (exact) mass is 201 g/mol. The second kappa shape index (κ2) is 5.13. The van der Waals surface area contributed by atoms with E-state index in [1.54, 1.807) is 0 Å². The SMILES string of the molecule is CCCOC(C)(NCC)[SiH]1CCC1. The van der Waals surface area contributed by atoms with Gasteiger partial charge in [-0.3, -0.25) is 5.32 Å². The maximum Gasteiger partial charge on any atom is 0.0988 e. The van der Waals surface area contributed by atoms with Gasteiger partial charge in [-0.25, -0.2) is 0 Å². The molecular formula is C10H23NOSi. The second-order valence-electron chi connectivity index (χ2n) is 4.11. The van der Waals surface area contributed by atoms with Crippen LogP contribution in [-0.2, 0) is 4.74 Å². The van der Waals surface area contributed by atoms with Gasteiger partial charge >= 0.3 is 0 Å². The van der Waals surface area contributed by atoms with Gasteiger partial charge in [-0.2, -0.15) is 0 Å². The average molecular weight is 201 g/mol. The molecule has 0 aromatic rings. The van der Waals surface area contributed by atoms with Crippen LogP contribution >= 0.6 is 0 Å². The molecule has 78 valence electrons. The largest absolute Gasteiger partial charge is 0.365 e. The summed E-state index contributed by atoms with van der Waals surface area (Å²) < 4.78 is 5.97. The Bertz CT molecular complexity index is 150. The Morgan fingerprint density at radius 3 is 2.46 bits per heavy atom. The lowest BCUT2D eigenvalue weighted by Gasteiger charge is -2.42. The van der Waals surface area contributed by atoms with Gasteiger partial charge in [0, 0.05) is 6.61 Å². The van der Waals surface area contributed by atoms with Gasteiger partial charge in [-0.1, -0.05) is 32.4 Å². The molecule has 1 fully saturated rings. The Labute approximate surface area is 83.7 Å². The van der Waals surface area contributed by atoms with Crippen molar-refractivity contribution in [2.45, 2.75) is 51.0 Å². The molecular weight excluding hydrogens is 178 g/mol. The third-order valence-electron chi connectivity index (χ3n) is 3.02. The Balaban J connectivity index is 2.40. The summed E-state index contributed by atoms with van der Waals surface area (Å²) >= 11 is 0. The lowest BCUT2D eigenvalue weighted by molar-refractivity contribution is 0.000718. The molecule has 0 aliphatic carbocycles. The van der Waals surface area contributed by atoms with Gasteiger partial charge in [0.1, 0.15) is 0 Å². The van der Waals surface area contributed by atoms with Crippen molar-refractivity contribution in [3.8, 4) is 0 Å². The highest BCUT2D eigenvalue weighted by atomic mass is 28.3. The highest BCUT2D eigenvalue weighted by Crippen LogP contribution is 2.30. The van der Waals surface area contributed by atoms with Crippen molar-refractivity contribution in [1.82, 2.24) is 5.32 Å². The maximum atomic E-state index is 5.97. The van der Waals surface area contributed by atoms with E-state index in [0.717, 1.165) is 19.6 Å². The molecule has 2 nitrogen and oxygen atoms in total. The van der Waals surface area contributed by atoms with Crippen LogP contribution in [0.5, 0.6) is 0 Å². The molecule has 0 aromatic carbocycles. The third kappa shape index (κ3) is 2.79. The van der Waals surface area contributed by atoms with Crippen molar-refractivity contribution < 1.29 is 4.74 Å². The first kappa shape index (κ1) is 11.2. The summed E-state index contributed by atoms with van der Waals surface area (Å²) in [6, 6.07) is 2.93. The van der Waals surface area contributed by atoms with Crippen LogP contribution in [0.3, 0.4) is 0 Å². The van der Waals surface area contributed by atoms with Crippen molar-refractivity contribution in [2.24, 2.45) is 0 Å². The minimum absolute atomic E-state index is 0.0863. The van der Waals surface area contributed by atoms with Gasteiger partial charge in [0.05, 0.1) is 14.1 Å². The minimum Gasteiger partial charge on any atom is -0.365 e. The molecule has 1 saturated heterocycles. The Hall–Kier alpha value is 0.137. The molecule has 0 radical (unpaired) electrons. The van der Waals surface area contributed by atoms with Gasteiger partial charge in [-0.05, 0) is 19.9 Å². The van der Waals surface area contributed by atoms with Gasteiger partial charge in [-0.15, -0.1) is 0 Å². The van der Waals surface area contributed by atoms with Gasteiger partial charge in [0.2, 0.25) is 0 Å². The highest BCUT2D eigenvalue weighted by Gasteiger charge is 2.39. The first-order valence-corrected chi connectivity index (χ1v) is 7.83. The lowest BCUT2D eigenvalue weighted by Crippen LogP contribution is -2.59. The van der Waals surface area contributed by atoms with Crippen LogP contribution in [0.2, 0.25) is 12.1 Å². The quantitative estimate of drug-likeness (QED) is 0.523. The van der Waals surface area contributed by atoms with Gasteiger partial charge in [0.25, 0.3) is 0 Å². The zero-order chi connectivity index (χ0) is 9.73. The van der Waals surface area contributed by atoms with E-state index < -0.39 is 8.80 Å². The van der Waals surface area contributed by atoms with Crippen molar-refractivity contribution in [1.29, 1.82) is 0 Å². The van der Waals surface area contributed by atoms with Gasteiger partial charge in [0.15, 0.2) is 0 Å². The van der Waals surface area contributed by atoms with E-state index in [0.29, 0.717) is 0 Å². The fourth-order valence-corrected chi connectivity index (χ4v) is 4.70. The summed E-state index contributed by atoms with van der Waals surface area (Å²) in [5, 5.41) is 3.62. The molecule has 1 heterocycles. The number of hydrogen-bond donors (Lipinski definition) is 1. The average Bonchev–Trinajstić information content (AvgIpc) is 1.98. The summed E-state index contributed by atoms with van der Waals surface area (Å²) in [5.41, 5.74) is 0. The lowest BCUT2D eigenvalue weighted by atomic mass is 10.5. The zero-order valence-electron chi connectivity index (χ0n) is 9.23. The molecule has 0 spiro atoms. The van der Waals surface area contributed by atoms with Crippen molar-refractivity contribution in [2.75, 3.05) is 13.2 Å². The van der Waals surface area contributed by atoms with Gasteiger partial charge < -0.3 is 4.74 Å². The smallest absolute Gasteiger partial charge is 0.0988 e. The standard InChI is InChI=1S/C10H23NOSi/c1-4-7-12-10(3,11-5-2)13-8-6-9-13/h11,13H,4-9H2,1-3H3. The van der Waals surface area contributed by atoms with Crippen molar-refractivity contribution >= 4 is 8.80 Å². The van der Waals surface area contributed by atoms with Crippen LogP contribution in [0.15, 0.2) is 0 Å². The summed E-state index contributed by atoms with van der Waals surface area (Å²) in [7, 11) is -0.613. The number of nitrogens with one attached hydrogen (secondary N) is 1. The number of rotatable bonds is 6. The molecule has 0 saturated carbocycles. The predicted octanol–water partition coefficient (Wildman–Crippen LogP) is 1.91. The van der Waals surface area contributed by atoms with Crippen LogP contribution in [-0.4, -0.2) is 27.3 Å². The van der Waals surface area contributed by atoms with Crippen LogP contribution in [0.1, 0.15) is 33.6 Å². The molecule has 0 amide bonds. The van der Waals surface area contributed by atoms with Crippen molar-refractivity contribution in [3.05, 3.63) is 0 Å². The number of ether oxygens (including phenoxy) is 1. The molecule has 0 bridgehead atoms. The summed E-state index contributed by atoms with van der Waals surface area (Å²) in [4.78, 5) is 0. The Morgan fingerprint density at radius 2 is 2.08 bits per heavy atom. The van der Waals surface area contributed by atoms with Crippen LogP contribution in [0.25, 0.3) is 0 Å². The number of hydrogen-bond acceptors (Lipinski definition) is 2. The highest BCUT2D eigenvalue weighted by molar-refractivity contribution is 6.64. The van der Waals surface area contributed by atoms with Crippen LogP contribution < -0.4 is 5.32 Å². The maximum absolute atomic E-state index is 5.97. The topological polar surface area (TPSA) is 21.3 Å². The molecule has 1 aliphatic rings. The van der Waals surface area contributed by atoms with E-state index >= 15 is 0 Å². The molecule has 0 aromatic heterocycles. The molecule has 1 unspecified atom stereocenters. The summed E-state index contributed by atoms with van der Waals surface area (Å²) in [5.74, 6) is 0. The molecule has 3 heteroatoms. The first-order valence-electron chi connectivity index (χ1n) is 5.62. The van der Waals surface area contributed by atoms with Crippen LogP contribution in [0.4, 0.5) is 0 Å². The summed E-state index contributed by atoms with van der Waals surface area (Å²) in [6.07, 6.45) is 2.56. The fraction of sp³-hybridized carbons (Fsp3) is 1.00.